The summed E-state index contributed by atoms with van der Waals surface area (Å²) in [7, 11) is -4.10. The minimum atomic E-state index is -5.48. The van der Waals surface area contributed by atoms with Crippen LogP contribution in [0, 0.1) is 0 Å². The van der Waals surface area contributed by atoms with Gasteiger partial charge in [-0.15, -0.1) is 0 Å². The maximum Gasteiger partial charge on any atom is 0.417 e. The van der Waals surface area contributed by atoms with Gasteiger partial charge in [-0.05, 0) is 60.7 Å². The third-order valence-electron chi connectivity index (χ3n) is 7.30. The smallest absolute Gasteiger partial charge is 0.342 e. The van der Waals surface area contributed by atoms with Crippen LogP contribution in [0.15, 0.2) is 36.4 Å². The molecule has 1 aliphatic heterocycles. The highest BCUT2D eigenvalue weighted by atomic mass is 32.2. The van der Waals surface area contributed by atoms with E-state index in [1.165, 1.54) is 0 Å². The highest BCUT2D eigenvalue weighted by Crippen LogP contribution is 2.45. The molecule has 252 valence electrons. The van der Waals surface area contributed by atoms with Gasteiger partial charge in [0, 0.05) is 18.5 Å². The summed E-state index contributed by atoms with van der Waals surface area (Å²) in [6.45, 7) is -1.36. The molecule has 45 heavy (non-hydrogen) atoms. The van der Waals surface area contributed by atoms with E-state index in [9.17, 15) is 65.9 Å². The number of amides is 1. The lowest BCUT2D eigenvalue weighted by Gasteiger charge is -2.38. The second kappa shape index (κ2) is 12.6. The van der Waals surface area contributed by atoms with Crippen LogP contribution in [0.1, 0.15) is 59.1 Å². The molecule has 2 aromatic rings. The zero-order valence-electron chi connectivity index (χ0n) is 23.1. The van der Waals surface area contributed by atoms with Crippen LogP contribution in [-0.4, -0.2) is 45.2 Å². The molecule has 1 amide bonds. The van der Waals surface area contributed by atoms with Crippen molar-refractivity contribution in [1.29, 1.82) is 0 Å². The maximum absolute atomic E-state index is 13.8. The van der Waals surface area contributed by atoms with E-state index >= 15 is 0 Å². The summed E-state index contributed by atoms with van der Waals surface area (Å²) in [5.74, 6) is -1.01. The second-order valence-electron chi connectivity index (χ2n) is 10.7. The maximum atomic E-state index is 13.8. The fourth-order valence-corrected chi connectivity index (χ4v) is 5.62. The molecule has 0 saturated carbocycles. The van der Waals surface area contributed by atoms with E-state index in [1.54, 1.807) is 0 Å². The van der Waals surface area contributed by atoms with E-state index < -0.39 is 100.0 Å². The van der Waals surface area contributed by atoms with Crippen LogP contribution in [0.3, 0.4) is 0 Å². The Morgan fingerprint density at radius 1 is 0.800 bits per heavy atom. The quantitative estimate of drug-likeness (QED) is 0.222. The number of carbonyl (C=O) groups is 1. The Labute approximate surface area is 249 Å². The van der Waals surface area contributed by atoms with E-state index in [0.29, 0.717) is 18.4 Å². The molecule has 0 aliphatic carbocycles. The van der Waals surface area contributed by atoms with Gasteiger partial charge in [-0.2, -0.15) is 61.1 Å². The van der Waals surface area contributed by atoms with E-state index in [-0.39, 0.29) is 49.6 Å². The Kier molecular flexibility index (Phi) is 10.2. The first-order chi connectivity index (χ1) is 20.3. The normalized spacial score (nSPS) is 19.0. The van der Waals surface area contributed by atoms with Gasteiger partial charge in [0.05, 0.1) is 41.5 Å². The lowest BCUT2D eigenvalue weighted by atomic mass is 9.73. The first kappa shape index (κ1) is 36.4. The lowest BCUT2D eigenvalue weighted by molar-refractivity contribution is -0.162. The summed E-state index contributed by atoms with van der Waals surface area (Å²) in [6.07, 6.45) is -21.8. The van der Waals surface area contributed by atoms with Crippen molar-refractivity contribution in [2.45, 2.75) is 62.2 Å². The molecule has 2 aromatic carbocycles. The van der Waals surface area contributed by atoms with Gasteiger partial charge < -0.3 is 4.90 Å². The van der Waals surface area contributed by atoms with Crippen molar-refractivity contribution >= 4 is 16.0 Å². The van der Waals surface area contributed by atoms with Gasteiger partial charge in [-0.1, -0.05) is 12.5 Å². The molecule has 18 heteroatoms. The summed E-state index contributed by atoms with van der Waals surface area (Å²) >= 11 is 0. The summed E-state index contributed by atoms with van der Waals surface area (Å²) in [5.41, 5.74) is -10.0. The highest BCUT2D eigenvalue weighted by Gasteiger charge is 2.46. The average molecular weight is 688 g/mol. The molecule has 1 fully saturated rings. The van der Waals surface area contributed by atoms with Crippen molar-refractivity contribution in [1.82, 2.24) is 4.90 Å². The van der Waals surface area contributed by atoms with Crippen molar-refractivity contribution in [3.63, 3.8) is 0 Å². The molecule has 0 N–H and O–H groups in total. The number of likely N-dealkylation sites (tertiary alicyclic amines) is 1. The standard InChI is InChI=1S/C27H25F12NO4S/c1-45(42,43)44-9-7-23(17-4-5-20(26(34,35)36)21(14-17)27(37,38)39)6-2-3-8-40(15-23)22(41)12-16-10-18(24(28,29)30)13-19(11-16)25(31,32)33/h4-5,10-11,13-14H,2-3,6-9,12,15H2,1H3/t23-/m1/s1. The average Bonchev–Trinajstić information content (AvgIpc) is 3.09. The number of alkyl halides is 12. The number of rotatable bonds is 7. The zero-order chi connectivity index (χ0) is 34.2. The molecule has 0 spiro atoms. The number of benzene rings is 2. The molecule has 1 saturated heterocycles. The van der Waals surface area contributed by atoms with Crippen molar-refractivity contribution in [3.8, 4) is 0 Å². The van der Waals surface area contributed by atoms with Gasteiger partial charge in [0.2, 0.25) is 5.91 Å². The largest absolute Gasteiger partial charge is 0.417 e. The van der Waals surface area contributed by atoms with Crippen molar-refractivity contribution < 1.29 is 70.1 Å². The lowest BCUT2D eigenvalue weighted by Crippen LogP contribution is -2.44. The molecular formula is C27H25F12NO4S. The van der Waals surface area contributed by atoms with E-state index in [2.05, 4.69) is 0 Å². The molecule has 1 atom stereocenters. The van der Waals surface area contributed by atoms with Gasteiger partial charge in [-0.3, -0.25) is 8.98 Å². The number of halogens is 12. The first-order valence-corrected chi connectivity index (χ1v) is 14.8. The van der Waals surface area contributed by atoms with Crippen molar-refractivity contribution in [2.24, 2.45) is 0 Å². The van der Waals surface area contributed by atoms with Crippen LogP contribution in [0.25, 0.3) is 0 Å². The van der Waals surface area contributed by atoms with Crippen LogP contribution in [-0.2, 0) is 55.6 Å². The van der Waals surface area contributed by atoms with Crippen molar-refractivity contribution in [2.75, 3.05) is 26.0 Å². The number of nitrogens with zero attached hydrogens (tertiary/aromatic N) is 1. The number of hydrogen-bond acceptors (Lipinski definition) is 4. The molecule has 0 aromatic heterocycles. The summed E-state index contributed by atoms with van der Waals surface area (Å²) in [4.78, 5) is 14.3. The summed E-state index contributed by atoms with van der Waals surface area (Å²) in [5, 5.41) is 0. The predicted octanol–water partition coefficient (Wildman–Crippen LogP) is 7.62. The molecule has 0 unspecified atom stereocenters. The molecule has 0 radical (unpaired) electrons. The Morgan fingerprint density at radius 2 is 1.36 bits per heavy atom. The minimum Gasteiger partial charge on any atom is -0.342 e. The Balaban J connectivity index is 2.08. The van der Waals surface area contributed by atoms with Crippen molar-refractivity contribution in [3.05, 3.63) is 69.8 Å². The van der Waals surface area contributed by atoms with Crippen LogP contribution < -0.4 is 0 Å². The topological polar surface area (TPSA) is 63.7 Å². The van der Waals surface area contributed by atoms with Crippen LogP contribution in [0.5, 0.6) is 0 Å². The van der Waals surface area contributed by atoms with Crippen LogP contribution in [0.2, 0.25) is 0 Å². The SMILES string of the molecule is CS(=O)(=O)OCC[C@]1(c2ccc(C(F)(F)F)c(C(F)(F)F)c2)CCCCN(C(=O)Cc2cc(C(F)(F)F)cc(C(F)(F)F)c2)C1. The fraction of sp³-hybridized carbons (Fsp3) is 0.519. The first-order valence-electron chi connectivity index (χ1n) is 13.0. The van der Waals surface area contributed by atoms with Gasteiger partial charge in [0.1, 0.15) is 0 Å². The van der Waals surface area contributed by atoms with E-state index in [4.69, 9.17) is 4.18 Å². The third kappa shape index (κ3) is 9.50. The highest BCUT2D eigenvalue weighted by molar-refractivity contribution is 7.85. The Bertz CT molecular complexity index is 1460. The molecule has 1 heterocycles. The molecule has 5 nitrogen and oxygen atoms in total. The van der Waals surface area contributed by atoms with Gasteiger partial charge in [-0.25, -0.2) is 0 Å². The van der Waals surface area contributed by atoms with E-state index in [1.807, 2.05) is 0 Å². The Hall–Kier alpha value is -3.02. The third-order valence-corrected chi connectivity index (χ3v) is 7.90. The van der Waals surface area contributed by atoms with Crippen LogP contribution in [0.4, 0.5) is 52.7 Å². The number of hydrogen-bond donors (Lipinski definition) is 0. The molecule has 0 bridgehead atoms. The molecule has 1 aliphatic rings. The van der Waals surface area contributed by atoms with Gasteiger partial charge >= 0.3 is 24.7 Å². The zero-order valence-corrected chi connectivity index (χ0v) is 24.0. The molecule has 3 rings (SSSR count). The number of carbonyl (C=O) groups excluding carboxylic acids is 1. The summed E-state index contributed by atoms with van der Waals surface area (Å²) in [6, 6.07) is 1.78. The van der Waals surface area contributed by atoms with Crippen LogP contribution >= 0.6 is 0 Å². The monoisotopic (exact) mass is 687 g/mol. The summed E-state index contributed by atoms with van der Waals surface area (Å²) < 4.78 is 190. The van der Waals surface area contributed by atoms with Gasteiger partial charge in [0.15, 0.2) is 0 Å². The minimum absolute atomic E-state index is 0.0751. The fourth-order valence-electron chi connectivity index (χ4n) is 5.24. The molecular weight excluding hydrogens is 662 g/mol. The van der Waals surface area contributed by atoms with Gasteiger partial charge in [0.25, 0.3) is 10.1 Å². The Morgan fingerprint density at radius 3 is 1.84 bits per heavy atom. The second-order valence-corrected chi connectivity index (χ2v) is 12.3. The predicted molar refractivity (Wildman–Crippen MR) is 134 cm³/mol. The van der Waals surface area contributed by atoms with E-state index in [0.717, 1.165) is 11.0 Å².